The van der Waals surface area contributed by atoms with Crippen molar-refractivity contribution in [3.05, 3.63) is 41.5 Å². The average Bonchev–Trinajstić information content (AvgIpc) is 2.17. The van der Waals surface area contributed by atoms with E-state index in [1.807, 2.05) is 13.0 Å². The molecule has 0 radical (unpaired) electrons. The van der Waals surface area contributed by atoms with Crippen LogP contribution in [0.3, 0.4) is 0 Å². The van der Waals surface area contributed by atoms with Gasteiger partial charge in [-0.3, -0.25) is 0 Å². The number of nitrogens with zero attached hydrogens (tertiary/aromatic N) is 1. The van der Waals surface area contributed by atoms with Crippen molar-refractivity contribution in [1.29, 1.82) is 5.26 Å². The minimum Gasteiger partial charge on any atom is -0.506 e. The maximum absolute atomic E-state index is 9.74. The minimum atomic E-state index is -0.309. The van der Waals surface area contributed by atoms with Gasteiger partial charge in [0.25, 0.3) is 0 Å². The molecule has 0 fully saturated rings. The number of benzene rings is 1. The van der Waals surface area contributed by atoms with Gasteiger partial charge in [-0.15, -0.1) is 6.58 Å². The Kier molecular flexibility index (Phi) is 3.48. The van der Waals surface area contributed by atoms with Crippen LogP contribution in [0.2, 0.25) is 0 Å². The Labute approximate surface area is 89.5 Å². The molecule has 0 aromatic heterocycles. The Morgan fingerprint density at radius 2 is 2.33 bits per heavy atom. The summed E-state index contributed by atoms with van der Waals surface area (Å²) < 4.78 is 0. The Morgan fingerprint density at radius 1 is 1.67 bits per heavy atom. The van der Waals surface area contributed by atoms with E-state index in [2.05, 4.69) is 6.58 Å². The molecule has 0 aliphatic rings. The summed E-state index contributed by atoms with van der Waals surface area (Å²) >= 11 is 0. The summed E-state index contributed by atoms with van der Waals surface area (Å²) in [6.45, 7) is 5.65. The molecule has 1 aromatic rings. The summed E-state index contributed by atoms with van der Waals surface area (Å²) in [5.74, 6) is -0.0197. The minimum absolute atomic E-state index is 0.0197. The first-order valence-electron chi connectivity index (χ1n) is 4.68. The zero-order valence-corrected chi connectivity index (χ0v) is 8.70. The molecule has 0 unspecified atom stereocenters. The molecular weight excluding hydrogens is 188 g/mol. The standard InChI is InChI=1S/C12H14N2O/c1-8(2)6-11(14)10-5-3-4-9(7-13)12(10)15/h3-5,11,15H,1,6,14H2,2H3/t11-/m1/s1. The van der Waals surface area contributed by atoms with Gasteiger partial charge < -0.3 is 10.8 Å². The molecule has 0 aliphatic heterocycles. The highest BCUT2D eigenvalue weighted by Gasteiger charge is 2.13. The van der Waals surface area contributed by atoms with Crippen LogP contribution in [0.15, 0.2) is 30.4 Å². The summed E-state index contributed by atoms with van der Waals surface area (Å²) in [6.07, 6.45) is 0.600. The number of hydrogen-bond donors (Lipinski definition) is 2. The van der Waals surface area contributed by atoms with E-state index in [-0.39, 0.29) is 17.4 Å². The van der Waals surface area contributed by atoms with E-state index < -0.39 is 0 Å². The third-order valence-electron chi connectivity index (χ3n) is 2.16. The highest BCUT2D eigenvalue weighted by molar-refractivity contribution is 5.48. The van der Waals surface area contributed by atoms with Crippen molar-refractivity contribution in [1.82, 2.24) is 0 Å². The Morgan fingerprint density at radius 3 is 2.87 bits per heavy atom. The smallest absolute Gasteiger partial charge is 0.138 e. The predicted molar refractivity (Wildman–Crippen MR) is 59.2 cm³/mol. The first-order valence-corrected chi connectivity index (χ1v) is 4.68. The number of nitrogens with two attached hydrogens (primary N) is 1. The van der Waals surface area contributed by atoms with Crippen LogP contribution < -0.4 is 5.73 Å². The van der Waals surface area contributed by atoms with E-state index in [1.165, 1.54) is 0 Å². The molecule has 1 atom stereocenters. The second-order valence-electron chi connectivity index (χ2n) is 3.62. The molecule has 1 aromatic carbocycles. The third-order valence-corrected chi connectivity index (χ3v) is 2.16. The molecule has 15 heavy (non-hydrogen) atoms. The zero-order valence-electron chi connectivity index (χ0n) is 8.70. The van der Waals surface area contributed by atoms with E-state index in [0.29, 0.717) is 12.0 Å². The number of nitriles is 1. The van der Waals surface area contributed by atoms with Gasteiger partial charge >= 0.3 is 0 Å². The van der Waals surface area contributed by atoms with Gasteiger partial charge in [-0.05, 0) is 19.4 Å². The van der Waals surface area contributed by atoms with Crippen molar-refractivity contribution in [3.8, 4) is 11.8 Å². The third kappa shape index (κ3) is 2.58. The monoisotopic (exact) mass is 202 g/mol. The number of hydrogen-bond acceptors (Lipinski definition) is 3. The lowest BCUT2D eigenvalue weighted by molar-refractivity contribution is 0.459. The lowest BCUT2D eigenvalue weighted by Gasteiger charge is -2.13. The predicted octanol–water partition coefficient (Wildman–Crippen LogP) is 2.23. The van der Waals surface area contributed by atoms with Crippen LogP contribution in [0.25, 0.3) is 0 Å². The molecule has 0 aliphatic carbocycles. The molecule has 0 spiro atoms. The topological polar surface area (TPSA) is 70.0 Å². The van der Waals surface area contributed by atoms with E-state index in [9.17, 15) is 5.11 Å². The Bertz CT molecular complexity index is 418. The first kappa shape index (κ1) is 11.3. The van der Waals surface area contributed by atoms with Gasteiger partial charge in [0.15, 0.2) is 0 Å². The van der Waals surface area contributed by atoms with Crippen molar-refractivity contribution in [2.45, 2.75) is 19.4 Å². The second-order valence-corrected chi connectivity index (χ2v) is 3.62. The molecule has 3 heteroatoms. The van der Waals surface area contributed by atoms with Gasteiger partial charge in [-0.1, -0.05) is 17.7 Å². The SMILES string of the molecule is C=C(C)C[C@@H](N)c1cccc(C#N)c1O. The molecular formula is C12H14N2O. The van der Waals surface area contributed by atoms with E-state index in [4.69, 9.17) is 11.0 Å². The van der Waals surface area contributed by atoms with Crippen LogP contribution in [0.4, 0.5) is 0 Å². The van der Waals surface area contributed by atoms with Crippen molar-refractivity contribution < 1.29 is 5.11 Å². The summed E-state index contributed by atoms with van der Waals surface area (Å²) in [4.78, 5) is 0. The number of aromatic hydroxyl groups is 1. The van der Waals surface area contributed by atoms with Gasteiger partial charge in [-0.2, -0.15) is 5.26 Å². The van der Waals surface area contributed by atoms with Gasteiger partial charge in [0, 0.05) is 11.6 Å². The van der Waals surface area contributed by atoms with Gasteiger partial charge in [0.05, 0.1) is 5.56 Å². The Balaban J connectivity index is 3.05. The van der Waals surface area contributed by atoms with Crippen molar-refractivity contribution in [3.63, 3.8) is 0 Å². The fourth-order valence-electron chi connectivity index (χ4n) is 1.44. The summed E-state index contributed by atoms with van der Waals surface area (Å²) in [6, 6.07) is 6.61. The molecule has 0 bridgehead atoms. The summed E-state index contributed by atoms with van der Waals surface area (Å²) in [7, 11) is 0. The summed E-state index contributed by atoms with van der Waals surface area (Å²) in [5.41, 5.74) is 7.69. The van der Waals surface area contributed by atoms with Crippen LogP contribution in [0, 0.1) is 11.3 Å². The lowest BCUT2D eigenvalue weighted by atomic mass is 9.98. The van der Waals surface area contributed by atoms with Crippen LogP contribution in [0.5, 0.6) is 5.75 Å². The van der Waals surface area contributed by atoms with Gasteiger partial charge in [0.2, 0.25) is 0 Å². The van der Waals surface area contributed by atoms with E-state index in [1.54, 1.807) is 18.2 Å². The summed E-state index contributed by atoms with van der Waals surface area (Å²) in [5, 5.41) is 18.5. The fraction of sp³-hybridized carbons (Fsp3) is 0.250. The van der Waals surface area contributed by atoms with Crippen molar-refractivity contribution in [2.24, 2.45) is 5.73 Å². The normalized spacial score (nSPS) is 11.8. The van der Waals surface area contributed by atoms with E-state index >= 15 is 0 Å². The largest absolute Gasteiger partial charge is 0.506 e. The van der Waals surface area contributed by atoms with Crippen LogP contribution in [0.1, 0.15) is 30.5 Å². The average molecular weight is 202 g/mol. The molecule has 0 saturated heterocycles. The number of para-hydroxylation sites is 1. The van der Waals surface area contributed by atoms with Crippen LogP contribution >= 0.6 is 0 Å². The quantitative estimate of drug-likeness (QED) is 0.738. The maximum Gasteiger partial charge on any atom is 0.138 e. The molecule has 0 saturated carbocycles. The van der Waals surface area contributed by atoms with Gasteiger partial charge in [-0.25, -0.2) is 0 Å². The van der Waals surface area contributed by atoms with Crippen LogP contribution in [-0.2, 0) is 0 Å². The molecule has 1 rings (SSSR count). The Hall–Kier alpha value is -1.79. The van der Waals surface area contributed by atoms with E-state index in [0.717, 1.165) is 5.57 Å². The fourth-order valence-corrected chi connectivity index (χ4v) is 1.44. The molecule has 0 heterocycles. The highest BCUT2D eigenvalue weighted by atomic mass is 16.3. The van der Waals surface area contributed by atoms with Gasteiger partial charge in [0.1, 0.15) is 11.8 Å². The maximum atomic E-state index is 9.74. The van der Waals surface area contributed by atoms with Crippen molar-refractivity contribution >= 4 is 0 Å². The number of phenolic OH excluding ortho intramolecular Hbond substituents is 1. The number of phenols is 1. The first-order chi connectivity index (χ1) is 7.06. The zero-order chi connectivity index (χ0) is 11.4. The lowest BCUT2D eigenvalue weighted by Crippen LogP contribution is -2.10. The number of rotatable bonds is 3. The molecule has 3 N–H and O–H groups in total. The molecule has 78 valence electrons. The second kappa shape index (κ2) is 4.63. The molecule has 3 nitrogen and oxygen atoms in total. The highest BCUT2D eigenvalue weighted by Crippen LogP contribution is 2.29. The molecule has 0 amide bonds. The van der Waals surface area contributed by atoms with Crippen LogP contribution in [-0.4, -0.2) is 5.11 Å². The van der Waals surface area contributed by atoms with Crippen molar-refractivity contribution in [2.75, 3.05) is 0 Å².